The highest BCUT2D eigenvalue weighted by Gasteiger charge is 2.48. The lowest BCUT2D eigenvalue weighted by Crippen LogP contribution is -2.43. The van der Waals surface area contributed by atoms with Crippen molar-refractivity contribution < 1.29 is 50.5 Å². The lowest BCUT2D eigenvalue weighted by Gasteiger charge is -2.30. The van der Waals surface area contributed by atoms with Crippen LogP contribution >= 0.6 is 0 Å². The van der Waals surface area contributed by atoms with Crippen LogP contribution in [0.2, 0.25) is 0 Å². The number of alkyl halides is 4. The number of fused-ring (bicyclic) bond motifs is 2. The number of aromatic nitrogens is 3. The van der Waals surface area contributed by atoms with Gasteiger partial charge in [0.25, 0.3) is 5.91 Å². The van der Waals surface area contributed by atoms with Crippen LogP contribution in [0.5, 0.6) is 11.5 Å². The molecule has 1 saturated carbocycles. The Morgan fingerprint density at radius 3 is 2.42 bits per heavy atom. The molecule has 16 heteroatoms. The van der Waals surface area contributed by atoms with Crippen LogP contribution in [0.15, 0.2) is 66.9 Å². The first-order chi connectivity index (χ1) is 24.5. The van der Waals surface area contributed by atoms with Gasteiger partial charge in [-0.15, -0.1) is 0 Å². The fourth-order valence-electron chi connectivity index (χ4n) is 6.22. The number of ether oxygens (including phenoxy) is 2. The second-order valence-electron chi connectivity index (χ2n) is 13.0. The molecule has 52 heavy (non-hydrogen) atoms. The molecular weight excluding hydrogens is 696 g/mol. The van der Waals surface area contributed by atoms with E-state index in [1.54, 1.807) is 18.2 Å². The van der Waals surface area contributed by atoms with E-state index in [1.807, 2.05) is 0 Å². The molecule has 7 rings (SSSR count). The van der Waals surface area contributed by atoms with E-state index in [2.05, 4.69) is 15.4 Å². The standard InChI is InChI=1S/C36H29F6N5O5/c1-33(32(43)49)17-52-30-23(33)13-27(45-29(30)21-12-22(36(40,41)42)25(38)14-24(21)37)35(50,20-6-4-3-5-7-20)16-44-31(48)18-10-19-15-47(34(39)8-9-34)46-28(19)26(11-18)51-2/h3-7,10-15,50H,8-9,16-17H2,1-2H3,(H2,43,49)(H,44,48)/t33-,35+/m0/s1. The van der Waals surface area contributed by atoms with Gasteiger partial charge in [-0.2, -0.15) is 18.3 Å². The van der Waals surface area contributed by atoms with Gasteiger partial charge < -0.3 is 25.6 Å². The number of carbonyl (C=O) groups is 2. The van der Waals surface area contributed by atoms with E-state index in [0.29, 0.717) is 10.9 Å². The summed E-state index contributed by atoms with van der Waals surface area (Å²) in [5, 5.41) is 19.8. The number of primary amides is 1. The summed E-state index contributed by atoms with van der Waals surface area (Å²) in [6.45, 7) is 0.359. The van der Waals surface area contributed by atoms with Gasteiger partial charge in [-0.1, -0.05) is 30.3 Å². The van der Waals surface area contributed by atoms with Crippen molar-refractivity contribution >= 4 is 22.7 Å². The fourth-order valence-corrected chi connectivity index (χ4v) is 6.22. The average Bonchev–Trinajstić information content (AvgIpc) is 3.54. The molecule has 3 aromatic carbocycles. The van der Waals surface area contributed by atoms with E-state index in [0.717, 1.165) is 0 Å². The molecule has 4 N–H and O–H groups in total. The molecule has 0 radical (unpaired) electrons. The zero-order chi connectivity index (χ0) is 37.4. The van der Waals surface area contributed by atoms with E-state index in [-0.39, 0.29) is 58.9 Å². The summed E-state index contributed by atoms with van der Waals surface area (Å²) >= 11 is 0. The third-order valence-corrected chi connectivity index (χ3v) is 9.54. The van der Waals surface area contributed by atoms with Gasteiger partial charge in [-0.25, -0.2) is 22.8 Å². The van der Waals surface area contributed by atoms with Gasteiger partial charge in [0.05, 0.1) is 24.9 Å². The van der Waals surface area contributed by atoms with Crippen molar-refractivity contribution in [1.29, 1.82) is 0 Å². The molecule has 0 spiro atoms. The number of rotatable bonds is 9. The quantitative estimate of drug-likeness (QED) is 0.168. The van der Waals surface area contributed by atoms with Gasteiger partial charge in [-0.3, -0.25) is 9.59 Å². The van der Waals surface area contributed by atoms with Gasteiger partial charge in [0.1, 0.15) is 52.0 Å². The maximum Gasteiger partial charge on any atom is 0.419 e. The van der Waals surface area contributed by atoms with Crippen molar-refractivity contribution in [3.8, 4) is 22.8 Å². The molecule has 2 aromatic heterocycles. The number of hydrogen-bond acceptors (Lipinski definition) is 7. The Labute approximate surface area is 291 Å². The molecule has 1 aliphatic carbocycles. The predicted octanol–water partition coefficient (Wildman–Crippen LogP) is 5.62. The molecule has 2 amide bonds. The Morgan fingerprint density at radius 2 is 1.79 bits per heavy atom. The monoisotopic (exact) mass is 725 g/mol. The van der Waals surface area contributed by atoms with Crippen LogP contribution in [0.3, 0.4) is 0 Å². The summed E-state index contributed by atoms with van der Waals surface area (Å²) in [5.74, 6) is -6.68. The van der Waals surface area contributed by atoms with Crippen LogP contribution < -0.4 is 20.5 Å². The largest absolute Gasteiger partial charge is 0.494 e. The smallest absolute Gasteiger partial charge is 0.419 e. The third-order valence-electron chi connectivity index (χ3n) is 9.54. The van der Waals surface area contributed by atoms with Crippen LogP contribution in [0.1, 0.15) is 52.5 Å². The van der Waals surface area contributed by atoms with E-state index < -0.39 is 76.4 Å². The molecule has 0 unspecified atom stereocenters. The normalized spacial score (nSPS) is 18.7. The summed E-state index contributed by atoms with van der Waals surface area (Å²) in [4.78, 5) is 30.8. The Morgan fingerprint density at radius 1 is 1.08 bits per heavy atom. The number of pyridine rings is 1. The molecular formula is C36H29F6N5O5. The second-order valence-corrected chi connectivity index (χ2v) is 13.0. The lowest BCUT2D eigenvalue weighted by molar-refractivity contribution is -0.140. The number of hydrogen-bond donors (Lipinski definition) is 3. The first-order valence-corrected chi connectivity index (χ1v) is 15.9. The summed E-state index contributed by atoms with van der Waals surface area (Å²) in [6, 6.07) is 12.1. The van der Waals surface area contributed by atoms with Gasteiger partial charge in [0.2, 0.25) is 11.7 Å². The molecule has 0 saturated heterocycles. The number of halogens is 6. The van der Waals surface area contributed by atoms with E-state index in [9.17, 15) is 36.6 Å². The number of amides is 2. The summed E-state index contributed by atoms with van der Waals surface area (Å²) in [6.07, 6.45) is -3.20. The van der Waals surface area contributed by atoms with Crippen molar-refractivity contribution in [3.63, 3.8) is 0 Å². The van der Waals surface area contributed by atoms with Gasteiger partial charge in [-0.05, 0) is 36.8 Å². The summed E-state index contributed by atoms with van der Waals surface area (Å²) in [7, 11) is 1.36. The molecule has 0 bridgehead atoms. The first-order valence-electron chi connectivity index (χ1n) is 15.9. The zero-order valence-corrected chi connectivity index (χ0v) is 27.4. The van der Waals surface area contributed by atoms with Crippen molar-refractivity contribution in [2.24, 2.45) is 5.73 Å². The van der Waals surface area contributed by atoms with Crippen LogP contribution in [-0.2, 0) is 27.8 Å². The highest BCUT2D eigenvalue weighted by atomic mass is 19.4. The van der Waals surface area contributed by atoms with E-state index >= 15 is 4.39 Å². The Kier molecular flexibility index (Phi) is 8.01. The second kappa shape index (κ2) is 12.0. The minimum absolute atomic E-state index is 0.0357. The number of benzene rings is 3. The van der Waals surface area contributed by atoms with Gasteiger partial charge in [0, 0.05) is 47.2 Å². The fraction of sp³-hybridized carbons (Fsp3) is 0.278. The molecule has 1 aliphatic heterocycles. The predicted molar refractivity (Wildman–Crippen MR) is 173 cm³/mol. The minimum Gasteiger partial charge on any atom is -0.494 e. The summed E-state index contributed by atoms with van der Waals surface area (Å²) < 4.78 is 98.2. The van der Waals surface area contributed by atoms with Crippen molar-refractivity contribution in [1.82, 2.24) is 20.1 Å². The molecule has 1 fully saturated rings. The number of nitrogens with two attached hydrogens (primary N) is 1. The van der Waals surface area contributed by atoms with Gasteiger partial charge in [0.15, 0.2) is 0 Å². The summed E-state index contributed by atoms with van der Waals surface area (Å²) in [5.41, 5.74) is -1.26. The van der Waals surface area contributed by atoms with Gasteiger partial charge >= 0.3 is 6.18 Å². The lowest BCUT2D eigenvalue weighted by atomic mass is 9.80. The molecule has 270 valence electrons. The van der Waals surface area contributed by atoms with Crippen molar-refractivity contribution in [3.05, 3.63) is 106 Å². The number of aliphatic hydroxyl groups is 1. The van der Waals surface area contributed by atoms with Crippen LogP contribution in [0.25, 0.3) is 22.2 Å². The van der Waals surface area contributed by atoms with E-state index in [1.165, 1.54) is 55.2 Å². The topological polar surface area (TPSA) is 142 Å². The number of methoxy groups -OCH3 is 1. The average molecular weight is 726 g/mol. The van der Waals surface area contributed by atoms with Crippen molar-refractivity contribution in [2.45, 2.75) is 42.8 Å². The highest BCUT2D eigenvalue weighted by molar-refractivity contribution is 6.00. The molecule has 2 aliphatic rings. The van der Waals surface area contributed by atoms with Crippen molar-refractivity contribution in [2.75, 3.05) is 20.3 Å². The van der Waals surface area contributed by atoms with Crippen LogP contribution in [0.4, 0.5) is 26.3 Å². The Hall–Kier alpha value is -5.64. The third kappa shape index (κ3) is 5.66. The van der Waals surface area contributed by atoms with Crippen LogP contribution in [-0.4, -0.2) is 51.9 Å². The number of carbonyl (C=O) groups excluding carboxylic acids is 2. The van der Waals surface area contributed by atoms with E-state index in [4.69, 9.17) is 15.2 Å². The first kappa shape index (κ1) is 34.8. The molecule has 3 heterocycles. The highest BCUT2D eigenvalue weighted by Crippen LogP contribution is 2.48. The molecule has 10 nitrogen and oxygen atoms in total. The molecule has 5 aromatic rings. The minimum atomic E-state index is -5.22. The Balaban J connectivity index is 1.35. The Bertz CT molecular complexity index is 2280. The maximum absolute atomic E-state index is 15.4. The van der Waals surface area contributed by atoms with Crippen LogP contribution in [0, 0.1) is 11.6 Å². The zero-order valence-electron chi connectivity index (χ0n) is 27.4. The number of nitrogens with one attached hydrogen (secondary N) is 1. The SMILES string of the molecule is COc1cc(C(=O)NC[C@@](O)(c2ccccc2)c2cc3c(c(-c4cc(C(F)(F)F)c(F)cc4F)n2)OC[C@]3(C)C(N)=O)cc2cn(C3(F)CC3)nc12. The maximum atomic E-state index is 15.4. The molecule has 2 atom stereocenters. The number of nitrogens with zero attached hydrogens (tertiary/aromatic N) is 3.